The molecule has 1 rings (SSSR count). The topological polar surface area (TPSA) is 95.2 Å². The molecule has 1 atom stereocenters. The van der Waals surface area contributed by atoms with Crippen LogP contribution in [-0.4, -0.2) is 24.2 Å². The van der Waals surface area contributed by atoms with Crippen LogP contribution in [0, 0.1) is 17.2 Å². The van der Waals surface area contributed by atoms with Crippen LogP contribution in [0.5, 0.6) is 0 Å². The van der Waals surface area contributed by atoms with E-state index in [0.29, 0.717) is 12.8 Å². The Morgan fingerprint density at radius 3 is 2.57 bits per heavy atom. The number of thiophene rings is 1. The van der Waals surface area contributed by atoms with Crippen molar-refractivity contribution >= 4 is 27.1 Å². The van der Waals surface area contributed by atoms with Crippen molar-refractivity contribution in [3.63, 3.8) is 0 Å². The van der Waals surface area contributed by atoms with Crippen LogP contribution in [0.15, 0.2) is 21.7 Å². The van der Waals surface area contributed by atoms with E-state index in [2.05, 4.69) is 0 Å². The number of rotatable bonds is 8. The molecule has 1 aromatic heterocycles. The van der Waals surface area contributed by atoms with Gasteiger partial charge in [0.05, 0.1) is 6.07 Å². The summed E-state index contributed by atoms with van der Waals surface area (Å²) in [6.07, 6.45) is 0.890. The summed E-state index contributed by atoms with van der Waals surface area (Å²) in [4.78, 5) is 10.5. The lowest BCUT2D eigenvalue weighted by Gasteiger charge is -2.29. The summed E-state index contributed by atoms with van der Waals surface area (Å²) >= 11 is 1.10. The van der Waals surface area contributed by atoms with Crippen LogP contribution in [0.2, 0.25) is 0 Å². The van der Waals surface area contributed by atoms with Crippen LogP contribution in [0.25, 0.3) is 0 Å². The van der Waals surface area contributed by atoms with E-state index >= 15 is 0 Å². The first-order valence-electron chi connectivity index (χ1n) is 6.69. The quantitative estimate of drug-likeness (QED) is 0.739. The molecule has 1 unspecified atom stereocenters. The summed E-state index contributed by atoms with van der Waals surface area (Å²) in [6.45, 7) is 3.43. The van der Waals surface area contributed by atoms with Crippen molar-refractivity contribution in [3.05, 3.63) is 17.5 Å². The second-order valence-electron chi connectivity index (χ2n) is 5.19. The molecule has 1 heterocycles. The molecule has 0 radical (unpaired) electrons. The number of carboxylic acid groups (broad SMARTS) is 1. The Kier molecular flexibility index (Phi) is 5.93. The number of hydrogen-bond acceptors (Lipinski definition) is 5. The van der Waals surface area contributed by atoms with Gasteiger partial charge in [0.15, 0.2) is 4.75 Å². The first-order valence-corrected chi connectivity index (χ1v) is 9.05. The molecule has 0 aliphatic carbocycles. The zero-order valence-corrected chi connectivity index (χ0v) is 13.7. The number of nitriles is 1. The molecule has 21 heavy (non-hydrogen) atoms. The average molecular weight is 329 g/mol. The second kappa shape index (κ2) is 7.05. The van der Waals surface area contributed by atoms with Gasteiger partial charge in [0, 0.05) is 6.42 Å². The van der Waals surface area contributed by atoms with Gasteiger partial charge in [0.1, 0.15) is 4.21 Å². The SMILES string of the molecule is CC(C)C(C#N)(CCCCC(=O)O)S(=O)(=O)c1cccs1. The molecule has 0 spiro atoms. The molecule has 0 bridgehead atoms. The van der Waals surface area contributed by atoms with Gasteiger partial charge in [-0.05, 0) is 30.2 Å². The Labute approximate surface area is 129 Å². The number of hydrogen-bond donors (Lipinski definition) is 1. The van der Waals surface area contributed by atoms with Crippen molar-refractivity contribution in [2.45, 2.75) is 48.5 Å². The molecule has 0 aliphatic rings. The highest BCUT2D eigenvalue weighted by atomic mass is 32.2. The van der Waals surface area contributed by atoms with Gasteiger partial charge in [0.2, 0.25) is 9.84 Å². The van der Waals surface area contributed by atoms with Gasteiger partial charge in [0.25, 0.3) is 0 Å². The summed E-state index contributed by atoms with van der Waals surface area (Å²) in [7, 11) is -3.76. The van der Waals surface area contributed by atoms with Gasteiger partial charge in [-0.3, -0.25) is 4.79 Å². The molecular formula is C14H19NO4S2. The molecule has 7 heteroatoms. The van der Waals surface area contributed by atoms with E-state index in [-0.39, 0.29) is 23.0 Å². The first-order chi connectivity index (χ1) is 9.78. The minimum Gasteiger partial charge on any atom is -0.481 e. The molecule has 0 aliphatic heterocycles. The second-order valence-corrected chi connectivity index (χ2v) is 8.57. The normalized spacial score (nSPS) is 14.6. The van der Waals surface area contributed by atoms with Crippen LogP contribution in [0.3, 0.4) is 0 Å². The fourth-order valence-corrected chi connectivity index (χ4v) is 5.58. The van der Waals surface area contributed by atoms with Gasteiger partial charge in [-0.1, -0.05) is 26.3 Å². The van der Waals surface area contributed by atoms with Gasteiger partial charge in [-0.15, -0.1) is 11.3 Å². The predicted molar refractivity (Wildman–Crippen MR) is 80.8 cm³/mol. The third-order valence-corrected chi connectivity index (χ3v) is 7.55. The van der Waals surface area contributed by atoms with Gasteiger partial charge >= 0.3 is 5.97 Å². The number of aliphatic carboxylic acids is 1. The van der Waals surface area contributed by atoms with E-state index in [4.69, 9.17) is 5.11 Å². The van der Waals surface area contributed by atoms with E-state index < -0.39 is 20.6 Å². The van der Waals surface area contributed by atoms with Crippen molar-refractivity contribution in [2.75, 3.05) is 0 Å². The van der Waals surface area contributed by atoms with Crippen molar-refractivity contribution in [2.24, 2.45) is 5.92 Å². The molecule has 0 fully saturated rings. The number of nitrogens with zero attached hydrogens (tertiary/aromatic N) is 1. The molecule has 0 aromatic carbocycles. The number of carbonyl (C=O) groups is 1. The minimum absolute atomic E-state index is 0.0152. The summed E-state index contributed by atoms with van der Waals surface area (Å²) in [5.41, 5.74) is 0. The molecule has 0 saturated heterocycles. The Hall–Kier alpha value is -1.39. The maximum atomic E-state index is 12.8. The zero-order chi connectivity index (χ0) is 16.1. The van der Waals surface area contributed by atoms with Crippen molar-refractivity contribution in [1.29, 1.82) is 5.26 Å². The van der Waals surface area contributed by atoms with Crippen LogP contribution in [0.4, 0.5) is 0 Å². The van der Waals surface area contributed by atoms with Gasteiger partial charge in [-0.2, -0.15) is 5.26 Å². The zero-order valence-electron chi connectivity index (χ0n) is 12.1. The molecule has 1 N–H and O–H groups in total. The first kappa shape index (κ1) is 17.7. The van der Waals surface area contributed by atoms with Crippen LogP contribution in [0.1, 0.15) is 39.5 Å². The van der Waals surface area contributed by atoms with Crippen LogP contribution < -0.4 is 0 Å². The molecule has 116 valence electrons. The van der Waals surface area contributed by atoms with E-state index in [1.807, 2.05) is 6.07 Å². The number of unbranched alkanes of at least 4 members (excludes halogenated alkanes) is 1. The maximum Gasteiger partial charge on any atom is 0.303 e. The van der Waals surface area contributed by atoms with Gasteiger partial charge < -0.3 is 5.11 Å². The highest BCUT2D eigenvalue weighted by Gasteiger charge is 2.48. The van der Waals surface area contributed by atoms with E-state index in [1.165, 1.54) is 6.07 Å². The highest BCUT2D eigenvalue weighted by molar-refractivity contribution is 7.95. The molecule has 5 nitrogen and oxygen atoms in total. The van der Waals surface area contributed by atoms with E-state index in [9.17, 15) is 18.5 Å². The van der Waals surface area contributed by atoms with E-state index in [1.54, 1.807) is 25.3 Å². The summed E-state index contributed by atoms with van der Waals surface area (Å²) in [6, 6.07) is 5.15. The maximum absolute atomic E-state index is 12.8. The average Bonchev–Trinajstić information content (AvgIpc) is 2.92. The van der Waals surface area contributed by atoms with E-state index in [0.717, 1.165) is 11.3 Å². The summed E-state index contributed by atoms with van der Waals surface area (Å²) < 4.78 is 24.3. The van der Waals surface area contributed by atoms with Crippen LogP contribution in [-0.2, 0) is 14.6 Å². The Morgan fingerprint density at radius 1 is 1.48 bits per heavy atom. The van der Waals surface area contributed by atoms with Crippen molar-refractivity contribution in [3.8, 4) is 6.07 Å². The largest absolute Gasteiger partial charge is 0.481 e. The minimum atomic E-state index is -3.76. The lowest BCUT2D eigenvalue weighted by atomic mass is 9.90. The Bertz CT molecular complexity index is 614. The predicted octanol–water partition coefficient (Wildman–Crippen LogP) is 3.09. The lowest BCUT2D eigenvalue weighted by molar-refractivity contribution is -0.137. The third-order valence-electron chi connectivity index (χ3n) is 3.55. The fourth-order valence-electron chi connectivity index (χ4n) is 2.24. The molecule has 0 amide bonds. The molecule has 0 saturated carbocycles. The lowest BCUT2D eigenvalue weighted by Crippen LogP contribution is -2.42. The number of sulfone groups is 1. The monoisotopic (exact) mass is 329 g/mol. The molecular weight excluding hydrogens is 310 g/mol. The summed E-state index contributed by atoms with van der Waals surface area (Å²) in [5, 5.41) is 19.9. The van der Waals surface area contributed by atoms with Crippen LogP contribution >= 0.6 is 11.3 Å². The fraction of sp³-hybridized carbons (Fsp3) is 0.571. The standard InChI is InChI=1S/C14H19NO4S2/c1-11(2)14(10-15,8-4-3-6-12(16)17)21(18,19)13-7-5-9-20-13/h5,7,9,11H,3-4,6,8H2,1-2H3,(H,16,17). The third kappa shape index (κ3) is 3.63. The van der Waals surface area contributed by atoms with Crippen molar-refractivity contribution in [1.82, 2.24) is 0 Å². The highest BCUT2D eigenvalue weighted by Crippen LogP contribution is 2.38. The Balaban J connectivity index is 3.05. The summed E-state index contributed by atoms with van der Waals surface area (Å²) in [5.74, 6) is -1.29. The number of carboxylic acids is 1. The molecule has 1 aromatic rings. The smallest absolute Gasteiger partial charge is 0.303 e. The van der Waals surface area contributed by atoms with Gasteiger partial charge in [-0.25, -0.2) is 8.42 Å². The Morgan fingerprint density at radius 2 is 2.14 bits per heavy atom. The van der Waals surface area contributed by atoms with Crippen molar-refractivity contribution < 1.29 is 18.3 Å².